The number of nitrogens with one attached hydrogen (secondary N) is 1. The Bertz CT molecular complexity index is 738. The van der Waals surface area contributed by atoms with E-state index in [1.54, 1.807) is 0 Å². The third-order valence-electron chi connectivity index (χ3n) is 2.39. The van der Waals surface area contributed by atoms with E-state index in [-0.39, 0.29) is 12.5 Å². The van der Waals surface area contributed by atoms with E-state index >= 15 is 0 Å². The van der Waals surface area contributed by atoms with Gasteiger partial charge in [-0.3, -0.25) is 9.78 Å². The molecule has 2 aromatic heterocycles. The molecule has 0 aliphatic carbocycles. The molecule has 0 spiro atoms. The highest BCUT2D eigenvalue weighted by molar-refractivity contribution is 7.88. The van der Waals surface area contributed by atoms with Crippen molar-refractivity contribution in [2.75, 3.05) is 12.0 Å². The van der Waals surface area contributed by atoms with Crippen LogP contribution in [0.4, 0.5) is 5.69 Å². The molecule has 0 aliphatic heterocycles. The minimum absolute atomic E-state index is 0.0151. The zero-order chi connectivity index (χ0) is 14.8. The standard InChI is InChI=1S/C11H13N5O3S/c1-20(18,19)15-6-10-4-8(2-3-13-10)11(17)16-7-9(12)5-14-16/h2-5,7,15H,6,12H2,1H3. The molecule has 0 aliphatic rings. The summed E-state index contributed by atoms with van der Waals surface area (Å²) in [6.45, 7) is 0.0151. The Hall–Kier alpha value is -2.26. The predicted octanol–water partition coefficient (Wildman–Crippen LogP) is -0.402. The van der Waals surface area contributed by atoms with E-state index in [0.717, 1.165) is 10.9 Å². The van der Waals surface area contributed by atoms with E-state index in [2.05, 4.69) is 14.8 Å². The first-order valence-electron chi connectivity index (χ1n) is 5.59. The van der Waals surface area contributed by atoms with Gasteiger partial charge in [-0.25, -0.2) is 17.8 Å². The fraction of sp³-hybridized carbons (Fsp3) is 0.182. The van der Waals surface area contributed by atoms with Crippen molar-refractivity contribution in [2.24, 2.45) is 0 Å². The first-order valence-corrected chi connectivity index (χ1v) is 7.49. The molecule has 9 heteroatoms. The quantitative estimate of drug-likeness (QED) is 0.791. The van der Waals surface area contributed by atoms with Gasteiger partial charge in [-0.2, -0.15) is 5.10 Å². The van der Waals surface area contributed by atoms with Crippen LogP contribution in [-0.4, -0.2) is 35.3 Å². The number of nitrogens with two attached hydrogens (primary N) is 1. The van der Waals surface area contributed by atoms with Gasteiger partial charge in [-0.05, 0) is 12.1 Å². The second kappa shape index (κ2) is 5.39. The number of carbonyl (C=O) groups excluding carboxylic acids is 1. The molecule has 0 saturated heterocycles. The summed E-state index contributed by atoms with van der Waals surface area (Å²) in [7, 11) is -3.31. The first kappa shape index (κ1) is 14.2. The van der Waals surface area contributed by atoms with Crippen molar-refractivity contribution in [3.05, 3.63) is 42.0 Å². The van der Waals surface area contributed by atoms with Gasteiger partial charge in [-0.1, -0.05) is 0 Å². The maximum atomic E-state index is 12.1. The van der Waals surface area contributed by atoms with Crippen LogP contribution < -0.4 is 10.5 Å². The molecule has 0 aromatic carbocycles. The van der Waals surface area contributed by atoms with Crippen LogP contribution in [0.1, 0.15) is 16.1 Å². The maximum Gasteiger partial charge on any atom is 0.278 e. The Morgan fingerprint density at radius 3 is 2.85 bits per heavy atom. The van der Waals surface area contributed by atoms with Gasteiger partial charge in [-0.15, -0.1) is 0 Å². The molecular weight excluding hydrogens is 282 g/mol. The maximum absolute atomic E-state index is 12.1. The zero-order valence-corrected chi connectivity index (χ0v) is 11.5. The molecule has 0 fully saturated rings. The molecule has 0 saturated carbocycles. The summed E-state index contributed by atoms with van der Waals surface area (Å²) >= 11 is 0. The Labute approximate surface area is 115 Å². The van der Waals surface area contributed by atoms with E-state index in [1.807, 2.05) is 0 Å². The third-order valence-corrected chi connectivity index (χ3v) is 3.06. The number of carbonyl (C=O) groups is 1. The highest BCUT2D eigenvalue weighted by Crippen LogP contribution is 2.06. The number of pyridine rings is 1. The summed E-state index contributed by atoms with van der Waals surface area (Å²) in [6.07, 6.45) is 5.25. The average molecular weight is 295 g/mol. The van der Waals surface area contributed by atoms with Crippen molar-refractivity contribution < 1.29 is 13.2 Å². The van der Waals surface area contributed by atoms with Gasteiger partial charge in [0, 0.05) is 11.8 Å². The van der Waals surface area contributed by atoms with Crippen LogP contribution in [0.5, 0.6) is 0 Å². The van der Waals surface area contributed by atoms with Crippen molar-refractivity contribution in [3.63, 3.8) is 0 Å². The number of anilines is 1. The lowest BCUT2D eigenvalue weighted by Crippen LogP contribution is -2.22. The molecule has 2 rings (SSSR count). The molecule has 106 valence electrons. The molecule has 0 atom stereocenters. The molecule has 2 heterocycles. The van der Waals surface area contributed by atoms with Crippen LogP contribution >= 0.6 is 0 Å². The smallest absolute Gasteiger partial charge is 0.278 e. The average Bonchev–Trinajstić information content (AvgIpc) is 2.82. The van der Waals surface area contributed by atoms with Crippen LogP contribution in [0, 0.1) is 0 Å². The van der Waals surface area contributed by atoms with Crippen LogP contribution in [0.15, 0.2) is 30.7 Å². The summed E-state index contributed by atoms with van der Waals surface area (Å²) in [4.78, 5) is 16.1. The van der Waals surface area contributed by atoms with Crippen molar-refractivity contribution in [1.82, 2.24) is 19.5 Å². The number of aromatic nitrogens is 3. The van der Waals surface area contributed by atoms with Gasteiger partial charge in [0.1, 0.15) is 0 Å². The van der Waals surface area contributed by atoms with Gasteiger partial charge in [0.2, 0.25) is 10.0 Å². The van der Waals surface area contributed by atoms with Gasteiger partial charge in [0.25, 0.3) is 5.91 Å². The fourth-order valence-electron chi connectivity index (χ4n) is 1.49. The summed E-state index contributed by atoms with van der Waals surface area (Å²) in [5, 5.41) is 3.82. The molecule has 3 N–H and O–H groups in total. The van der Waals surface area contributed by atoms with E-state index in [4.69, 9.17) is 5.73 Å². The topological polar surface area (TPSA) is 120 Å². The van der Waals surface area contributed by atoms with Crippen LogP contribution in [-0.2, 0) is 16.6 Å². The molecule has 0 unspecified atom stereocenters. The SMILES string of the molecule is CS(=O)(=O)NCc1cc(C(=O)n2cc(N)cn2)ccn1. The van der Waals surface area contributed by atoms with Crippen molar-refractivity contribution in [3.8, 4) is 0 Å². The monoisotopic (exact) mass is 295 g/mol. The lowest BCUT2D eigenvalue weighted by Gasteiger charge is -2.04. The Morgan fingerprint density at radius 1 is 1.50 bits per heavy atom. The van der Waals surface area contributed by atoms with Gasteiger partial charge in [0.15, 0.2) is 0 Å². The van der Waals surface area contributed by atoms with Crippen LogP contribution in [0.25, 0.3) is 0 Å². The number of hydrogen-bond donors (Lipinski definition) is 2. The second-order valence-electron chi connectivity index (χ2n) is 4.15. The largest absolute Gasteiger partial charge is 0.396 e. The van der Waals surface area contributed by atoms with Crippen LogP contribution in [0.2, 0.25) is 0 Å². The van der Waals surface area contributed by atoms with Crippen molar-refractivity contribution in [2.45, 2.75) is 6.54 Å². The highest BCUT2D eigenvalue weighted by atomic mass is 32.2. The summed E-state index contributed by atoms with van der Waals surface area (Å²) in [5.41, 5.74) is 6.65. The number of sulfonamides is 1. The van der Waals surface area contributed by atoms with E-state index in [1.165, 1.54) is 30.7 Å². The Kier molecular flexibility index (Phi) is 3.81. The van der Waals surface area contributed by atoms with Gasteiger partial charge in [0.05, 0.1) is 36.6 Å². The molecule has 20 heavy (non-hydrogen) atoms. The zero-order valence-electron chi connectivity index (χ0n) is 10.6. The molecule has 8 nitrogen and oxygen atoms in total. The van der Waals surface area contributed by atoms with Crippen molar-refractivity contribution in [1.29, 1.82) is 0 Å². The number of rotatable bonds is 4. The van der Waals surface area contributed by atoms with Crippen LogP contribution in [0.3, 0.4) is 0 Å². The van der Waals surface area contributed by atoms with Crippen molar-refractivity contribution >= 4 is 21.6 Å². The van der Waals surface area contributed by atoms with E-state index < -0.39 is 10.0 Å². The summed E-state index contributed by atoms with van der Waals surface area (Å²) in [5.74, 6) is -0.371. The Balaban J connectivity index is 2.19. The normalized spacial score (nSPS) is 11.4. The lowest BCUT2D eigenvalue weighted by atomic mass is 10.2. The van der Waals surface area contributed by atoms with Gasteiger partial charge < -0.3 is 5.73 Å². The third kappa shape index (κ3) is 3.62. The summed E-state index contributed by atoms with van der Waals surface area (Å²) < 4.78 is 25.4. The number of nitrogen functional groups attached to an aromatic ring is 1. The molecule has 0 amide bonds. The minimum atomic E-state index is -3.31. The lowest BCUT2D eigenvalue weighted by molar-refractivity contribution is 0.0945. The highest BCUT2D eigenvalue weighted by Gasteiger charge is 2.11. The van der Waals surface area contributed by atoms with E-state index in [9.17, 15) is 13.2 Å². The first-order chi connectivity index (χ1) is 9.35. The molecule has 0 radical (unpaired) electrons. The summed E-state index contributed by atoms with van der Waals surface area (Å²) in [6, 6.07) is 3.02. The molecule has 0 bridgehead atoms. The molecular formula is C11H13N5O3S. The number of nitrogens with zero attached hydrogens (tertiary/aromatic N) is 3. The fourth-order valence-corrected chi connectivity index (χ4v) is 1.90. The Morgan fingerprint density at radius 2 is 2.25 bits per heavy atom. The van der Waals surface area contributed by atoms with E-state index in [0.29, 0.717) is 16.9 Å². The van der Waals surface area contributed by atoms with Gasteiger partial charge >= 0.3 is 0 Å². The number of hydrogen-bond acceptors (Lipinski definition) is 6. The minimum Gasteiger partial charge on any atom is -0.396 e. The molecule has 2 aromatic rings. The second-order valence-corrected chi connectivity index (χ2v) is 5.99. The predicted molar refractivity (Wildman–Crippen MR) is 72.3 cm³/mol.